The van der Waals surface area contributed by atoms with Gasteiger partial charge in [-0.25, -0.2) is 4.79 Å². The van der Waals surface area contributed by atoms with Crippen molar-refractivity contribution in [2.24, 2.45) is 5.41 Å². The molecule has 27 heavy (non-hydrogen) atoms. The maximum Gasteiger partial charge on any atom is 0.339 e. The first-order chi connectivity index (χ1) is 13.0. The third-order valence-corrected chi connectivity index (χ3v) is 6.56. The summed E-state index contributed by atoms with van der Waals surface area (Å²) < 4.78 is 11.5. The number of carbonyl (C=O) groups is 1. The van der Waals surface area contributed by atoms with Crippen molar-refractivity contribution in [1.82, 2.24) is 4.90 Å². The first kappa shape index (κ1) is 16.8. The van der Waals surface area contributed by atoms with Crippen LogP contribution in [0.5, 0.6) is 5.75 Å². The third-order valence-electron chi connectivity index (χ3n) is 6.56. The highest BCUT2D eigenvalue weighted by molar-refractivity contribution is 5.84. The van der Waals surface area contributed by atoms with Crippen molar-refractivity contribution in [2.45, 2.75) is 58.0 Å². The van der Waals surface area contributed by atoms with E-state index in [0.717, 1.165) is 61.7 Å². The van der Waals surface area contributed by atoms with E-state index in [1.165, 1.54) is 12.8 Å². The molecule has 5 heteroatoms. The van der Waals surface area contributed by atoms with Crippen LogP contribution in [0.2, 0.25) is 0 Å². The molecule has 1 atom stereocenters. The molecule has 0 radical (unpaired) electrons. The Morgan fingerprint density at radius 1 is 1.19 bits per heavy atom. The van der Waals surface area contributed by atoms with Crippen LogP contribution in [0.3, 0.4) is 0 Å². The monoisotopic (exact) mass is 367 g/mol. The fourth-order valence-electron chi connectivity index (χ4n) is 4.72. The van der Waals surface area contributed by atoms with Crippen LogP contribution in [0.25, 0.3) is 11.0 Å². The summed E-state index contributed by atoms with van der Waals surface area (Å²) in [5, 5.41) is 0.992. The molecular weight excluding hydrogens is 342 g/mol. The molecule has 0 N–H and O–H groups in total. The summed E-state index contributed by atoms with van der Waals surface area (Å²) in [5.41, 5.74) is 2.69. The SMILES string of the molecule is CC(Oc1ccc2c3c(c(=O)oc2c1)CCCC3)C(=O)N1CCC2(CC2)C1. The van der Waals surface area contributed by atoms with E-state index in [2.05, 4.69) is 0 Å². The predicted octanol–water partition coefficient (Wildman–Crippen LogP) is 3.45. The zero-order chi connectivity index (χ0) is 18.6. The first-order valence-corrected chi connectivity index (χ1v) is 10.1. The first-order valence-electron chi connectivity index (χ1n) is 10.1. The Morgan fingerprint density at radius 3 is 2.70 bits per heavy atom. The summed E-state index contributed by atoms with van der Waals surface area (Å²) in [6, 6.07) is 5.60. The number of ether oxygens (including phenoxy) is 1. The van der Waals surface area contributed by atoms with Crippen molar-refractivity contribution in [3.05, 3.63) is 39.7 Å². The molecule has 1 unspecified atom stereocenters. The lowest BCUT2D eigenvalue weighted by Gasteiger charge is -2.22. The van der Waals surface area contributed by atoms with Crippen LogP contribution in [0, 0.1) is 5.41 Å². The summed E-state index contributed by atoms with van der Waals surface area (Å²) in [6.07, 6.45) is 6.95. The number of hydrogen-bond donors (Lipinski definition) is 0. The zero-order valence-corrected chi connectivity index (χ0v) is 15.8. The lowest BCUT2D eigenvalue weighted by Crippen LogP contribution is -2.39. The van der Waals surface area contributed by atoms with E-state index in [9.17, 15) is 9.59 Å². The van der Waals surface area contributed by atoms with Gasteiger partial charge in [0.2, 0.25) is 0 Å². The zero-order valence-electron chi connectivity index (χ0n) is 15.8. The van der Waals surface area contributed by atoms with Crippen LogP contribution in [0.4, 0.5) is 0 Å². The van der Waals surface area contributed by atoms with Gasteiger partial charge in [-0.15, -0.1) is 0 Å². The fourth-order valence-corrected chi connectivity index (χ4v) is 4.72. The third kappa shape index (κ3) is 2.93. The molecule has 1 spiro atoms. The topological polar surface area (TPSA) is 59.8 Å². The molecular formula is C22H25NO4. The lowest BCUT2D eigenvalue weighted by molar-refractivity contribution is -0.137. The Morgan fingerprint density at radius 2 is 1.96 bits per heavy atom. The molecule has 1 saturated carbocycles. The number of amides is 1. The van der Waals surface area contributed by atoms with Crippen LogP contribution < -0.4 is 10.4 Å². The molecule has 1 aromatic carbocycles. The van der Waals surface area contributed by atoms with Gasteiger partial charge in [-0.1, -0.05) is 0 Å². The van der Waals surface area contributed by atoms with Crippen molar-refractivity contribution < 1.29 is 13.9 Å². The second kappa shape index (κ2) is 6.11. The Kier molecular flexibility index (Phi) is 3.81. The van der Waals surface area contributed by atoms with Gasteiger partial charge in [0.25, 0.3) is 5.91 Å². The second-order valence-electron chi connectivity index (χ2n) is 8.48. The number of benzene rings is 1. The summed E-state index contributed by atoms with van der Waals surface area (Å²) in [4.78, 5) is 26.9. The van der Waals surface area contributed by atoms with E-state index in [0.29, 0.717) is 16.7 Å². The minimum absolute atomic E-state index is 0.0470. The largest absolute Gasteiger partial charge is 0.481 e. The predicted molar refractivity (Wildman–Crippen MR) is 102 cm³/mol. The normalized spacial score (nSPS) is 21.3. The van der Waals surface area contributed by atoms with Gasteiger partial charge in [0.1, 0.15) is 11.3 Å². The highest BCUT2D eigenvalue weighted by Crippen LogP contribution is 2.52. The molecule has 5 rings (SSSR count). The van der Waals surface area contributed by atoms with Crippen molar-refractivity contribution in [2.75, 3.05) is 13.1 Å². The highest BCUT2D eigenvalue weighted by Gasteiger charge is 2.49. The number of rotatable bonds is 3. The minimum atomic E-state index is -0.541. The minimum Gasteiger partial charge on any atom is -0.481 e. The van der Waals surface area contributed by atoms with E-state index in [-0.39, 0.29) is 11.5 Å². The standard InChI is InChI=1S/C22H25NO4/c1-14(20(24)23-11-10-22(13-23)8-9-22)26-15-6-7-17-16-4-2-3-5-18(16)21(25)27-19(17)12-15/h6-7,12,14H,2-5,8-11,13H2,1H3. The number of fused-ring (bicyclic) bond motifs is 3. The lowest BCUT2D eigenvalue weighted by atomic mass is 9.91. The van der Waals surface area contributed by atoms with Gasteiger partial charge >= 0.3 is 5.63 Å². The van der Waals surface area contributed by atoms with E-state index in [4.69, 9.17) is 9.15 Å². The average molecular weight is 367 g/mol. The highest BCUT2D eigenvalue weighted by atomic mass is 16.5. The maximum absolute atomic E-state index is 12.7. The molecule has 1 aliphatic heterocycles. The molecule has 2 aromatic rings. The molecule has 142 valence electrons. The van der Waals surface area contributed by atoms with Crippen LogP contribution in [0.1, 0.15) is 50.2 Å². The van der Waals surface area contributed by atoms with E-state index >= 15 is 0 Å². The average Bonchev–Trinajstić information content (AvgIpc) is 3.30. The number of carbonyl (C=O) groups excluding carboxylic acids is 1. The van der Waals surface area contributed by atoms with Crippen molar-refractivity contribution in [3.8, 4) is 5.75 Å². The van der Waals surface area contributed by atoms with Gasteiger partial charge in [0, 0.05) is 30.1 Å². The van der Waals surface area contributed by atoms with Crippen LogP contribution >= 0.6 is 0 Å². The Bertz CT molecular complexity index is 972. The Balaban J connectivity index is 1.37. The molecule has 5 nitrogen and oxygen atoms in total. The van der Waals surface area contributed by atoms with Crippen LogP contribution in [0.15, 0.2) is 27.4 Å². The number of nitrogens with zero attached hydrogens (tertiary/aromatic N) is 1. The Hall–Kier alpha value is -2.30. The smallest absolute Gasteiger partial charge is 0.339 e. The molecule has 2 aliphatic carbocycles. The molecule has 0 bridgehead atoms. The molecule has 2 heterocycles. The van der Waals surface area contributed by atoms with E-state index in [1.54, 1.807) is 13.0 Å². The number of aryl methyl sites for hydroxylation is 1. The van der Waals surface area contributed by atoms with Gasteiger partial charge in [-0.05, 0) is 75.0 Å². The molecule has 2 fully saturated rings. The van der Waals surface area contributed by atoms with Gasteiger partial charge in [0.15, 0.2) is 6.10 Å². The number of hydrogen-bond acceptors (Lipinski definition) is 4. The molecule has 1 saturated heterocycles. The van der Waals surface area contributed by atoms with Crippen LogP contribution in [-0.4, -0.2) is 30.0 Å². The van der Waals surface area contributed by atoms with Gasteiger partial charge in [-0.2, -0.15) is 0 Å². The van der Waals surface area contributed by atoms with E-state index < -0.39 is 6.10 Å². The van der Waals surface area contributed by atoms with Gasteiger partial charge in [-0.3, -0.25) is 4.79 Å². The van der Waals surface area contributed by atoms with Crippen molar-refractivity contribution >= 4 is 16.9 Å². The summed E-state index contributed by atoms with van der Waals surface area (Å²) in [7, 11) is 0. The van der Waals surface area contributed by atoms with Gasteiger partial charge < -0.3 is 14.1 Å². The van der Waals surface area contributed by atoms with Crippen molar-refractivity contribution in [3.63, 3.8) is 0 Å². The summed E-state index contributed by atoms with van der Waals surface area (Å²) in [6.45, 7) is 3.51. The molecule has 1 aromatic heterocycles. The molecule has 1 amide bonds. The quantitative estimate of drug-likeness (QED) is 0.780. The number of likely N-dealkylation sites (tertiary alicyclic amines) is 1. The molecule has 3 aliphatic rings. The summed E-state index contributed by atoms with van der Waals surface area (Å²) in [5.74, 6) is 0.619. The van der Waals surface area contributed by atoms with E-state index in [1.807, 2.05) is 17.0 Å². The summed E-state index contributed by atoms with van der Waals surface area (Å²) >= 11 is 0. The van der Waals surface area contributed by atoms with Crippen LogP contribution in [-0.2, 0) is 17.6 Å². The van der Waals surface area contributed by atoms with Crippen molar-refractivity contribution in [1.29, 1.82) is 0 Å². The fraction of sp³-hybridized carbons (Fsp3) is 0.545. The Labute approximate surface area is 158 Å². The van der Waals surface area contributed by atoms with Gasteiger partial charge in [0.05, 0.1) is 0 Å². The second-order valence-corrected chi connectivity index (χ2v) is 8.48. The maximum atomic E-state index is 12.7.